The predicted molar refractivity (Wildman–Crippen MR) is 70.7 cm³/mol. The zero-order chi connectivity index (χ0) is 15.2. The van der Waals surface area contributed by atoms with E-state index in [0.29, 0.717) is 11.3 Å². The Hall–Kier alpha value is -2.88. The van der Waals surface area contributed by atoms with Crippen molar-refractivity contribution in [1.82, 2.24) is 10.2 Å². The van der Waals surface area contributed by atoms with Gasteiger partial charge in [0, 0.05) is 5.69 Å². The van der Waals surface area contributed by atoms with Gasteiger partial charge in [-0.25, -0.2) is 8.78 Å². The van der Waals surface area contributed by atoms with Crippen molar-refractivity contribution < 1.29 is 13.6 Å². The number of nitriles is 1. The van der Waals surface area contributed by atoms with Crippen LogP contribution in [0.1, 0.15) is 28.0 Å². The van der Waals surface area contributed by atoms with Gasteiger partial charge in [0.2, 0.25) is 0 Å². The van der Waals surface area contributed by atoms with Crippen LogP contribution < -0.4 is 5.32 Å². The lowest BCUT2D eigenvalue weighted by Gasteiger charge is -2.09. The summed E-state index contributed by atoms with van der Waals surface area (Å²) in [6.07, 6.45) is -1.56. The number of aromatic nitrogens is 2. The molecule has 1 N–H and O–H groups in total. The second-order valence-corrected chi connectivity index (χ2v) is 4.12. The highest BCUT2D eigenvalue weighted by Crippen LogP contribution is 2.19. The SMILES string of the molecule is N#CCc1ccccc1NC(=O)c1cnnc(C(F)F)c1. The van der Waals surface area contributed by atoms with Crippen molar-refractivity contribution in [2.24, 2.45) is 0 Å². The number of anilines is 1. The molecule has 0 atom stereocenters. The lowest BCUT2D eigenvalue weighted by Crippen LogP contribution is -2.14. The lowest BCUT2D eigenvalue weighted by atomic mass is 10.1. The summed E-state index contributed by atoms with van der Waals surface area (Å²) in [5, 5.41) is 17.9. The molecular formula is C14H10F2N4O. The van der Waals surface area contributed by atoms with Gasteiger partial charge in [-0.3, -0.25) is 4.79 Å². The molecule has 0 saturated heterocycles. The summed E-state index contributed by atoms with van der Waals surface area (Å²) < 4.78 is 25.1. The average molecular weight is 288 g/mol. The van der Waals surface area contributed by atoms with Crippen LogP contribution in [0.4, 0.5) is 14.5 Å². The molecule has 2 rings (SSSR count). The van der Waals surface area contributed by atoms with Gasteiger partial charge in [-0.15, -0.1) is 5.10 Å². The number of hydrogen-bond donors (Lipinski definition) is 1. The van der Waals surface area contributed by atoms with Crippen molar-refractivity contribution in [3.05, 3.63) is 53.3 Å². The Labute approximate surface area is 119 Å². The molecule has 0 aliphatic carbocycles. The molecule has 0 aliphatic heterocycles. The third kappa shape index (κ3) is 3.57. The van der Waals surface area contributed by atoms with Crippen molar-refractivity contribution in [2.45, 2.75) is 12.8 Å². The molecular weight excluding hydrogens is 278 g/mol. The molecule has 5 nitrogen and oxygen atoms in total. The Balaban J connectivity index is 2.22. The summed E-state index contributed by atoms with van der Waals surface area (Å²) in [5.41, 5.74) is 0.518. The molecule has 1 aromatic carbocycles. The number of rotatable bonds is 4. The smallest absolute Gasteiger partial charge is 0.282 e. The minimum atomic E-state index is -2.80. The molecule has 1 amide bonds. The van der Waals surface area contributed by atoms with Gasteiger partial charge >= 0.3 is 0 Å². The monoisotopic (exact) mass is 288 g/mol. The van der Waals surface area contributed by atoms with Crippen molar-refractivity contribution >= 4 is 11.6 Å². The maximum Gasteiger partial charge on any atom is 0.282 e. The number of para-hydroxylation sites is 1. The van der Waals surface area contributed by atoms with Crippen molar-refractivity contribution in [2.75, 3.05) is 5.32 Å². The van der Waals surface area contributed by atoms with E-state index in [-0.39, 0.29) is 12.0 Å². The van der Waals surface area contributed by atoms with Gasteiger partial charge < -0.3 is 5.32 Å². The summed E-state index contributed by atoms with van der Waals surface area (Å²) >= 11 is 0. The fourth-order valence-electron chi connectivity index (χ4n) is 1.69. The normalized spacial score (nSPS) is 10.2. The molecule has 0 radical (unpaired) electrons. The van der Waals surface area contributed by atoms with E-state index < -0.39 is 18.0 Å². The number of alkyl halides is 2. The zero-order valence-electron chi connectivity index (χ0n) is 10.8. The van der Waals surface area contributed by atoms with Crippen LogP contribution in [0.15, 0.2) is 36.5 Å². The predicted octanol–water partition coefficient (Wildman–Crippen LogP) is 2.73. The van der Waals surface area contributed by atoms with E-state index >= 15 is 0 Å². The van der Waals surface area contributed by atoms with Crippen LogP contribution in [-0.4, -0.2) is 16.1 Å². The number of nitrogens with one attached hydrogen (secondary N) is 1. The van der Waals surface area contributed by atoms with E-state index in [1.54, 1.807) is 24.3 Å². The number of amides is 1. The minimum Gasteiger partial charge on any atom is -0.322 e. The molecule has 1 heterocycles. The van der Waals surface area contributed by atoms with Gasteiger partial charge in [0.25, 0.3) is 12.3 Å². The Morgan fingerprint density at radius 1 is 1.38 bits per heavy atom. The first-order valence-corrected chi connectivity index (χ1v) is 5.99. The number of carbonyl (C=O) groups is 1. The molecule has 106 valence electrons. The van der Waals surface area contributed by atoms with Crippen molar-refractivity contribution in [3.8, 4) is 6.07 Å². The van der Waals surface area contributed by atoms with Gasteiger partial charge in [0.1, 0.15) is 5.69 Å². The summed E-state index contributed by atoms with van der Waals surface area (Å²) in [4.78, 5) is 12.0. The highest BCUT2D eigenvalue weighted by molar-refractivity contribution is 6.04. The number of benzene rings is 1. The molecule has 7 heteroatoms. The first-order valence-electron chi connectivity index (χ1n) is 5.99. The third-order valence-corrected chi connectivity index (χ3v) is 2.69. The van der Waals surface area contributed by atoms with Gasteiger partial charge in [0.15, 0.2) is 0 Å². The van der Waals surface area contributed by atoms with Crippen LogP contribution in [0.5, 0.6) is 0 Å². The number of carbonyl (C=O) groups excluding carboxylic acids is 1. The topological polar surface area (TPSA) is 78.7 Å². The second-order valence-electron chi connectivity index (χ2n) is 4.12. The molecule has 2 aromatic rings. The quantitative estimate of drug-likeness (QED) is 0.938. The molecule has 0 saturated carbocycles. The first kappa shape index (κ1) is 14.5. The molecule has 0 aliphatic rings. The van der Waals surface area contributed by atoms with Crippen LogP contribution >= 0.6 is 0 Å². The standard InChI is InChI=1S/C14H10F2N4O/c15-13(16)12-7-10(8-18-20-12)14(21)19-11-4-2-1-3-9(11)5-6-17/h1-4,7-8,13H,5H2,(H,19,21). The van der Waals surface area contributed by atoms with Crippen LogP contribution in [0, 0.1) is 11.3 Å². The van der Waals surface area contributed by atoms with Gasteiger partial charge in [0.05, 0.1) is 24.3 Å². The van der Waals surface area contributed by atoms with Gasteiger partial charge in [-0.1, -0.05) is 18.2 Å². The first-order chi connectivity index (χ1) is 10.1. The molecule has 0 fully saturated rings. The summed E-state index contributed by atoms with van der Waals surface area (Å²) in [7, 11) is 0. The van der Waals surface area contributed by atoms with E-state index in [9.17, 15) is 13.6 Å². The van der Waals surface area contributed by atoms with Gasteiger partial charge in [-0.05, 0) is 17.7 Å². The maximum absolute atomic E-state index is 12.5. The van der Waals surface area contributed by atoms with Crippen LogP contribution in [0.25, 0.3) is 0 Å². The van der Waals surface area contributed by atoms with E-state index in [2.05, 4.69) is 15.5 Å². The summed E-state index contributed by atoms with van der Waals surface area (Å²) in [6.45, 7) is 0. The molecule has 0 bridgehead atoms. The Morgan fingerprint density at radius 3 is 2.86 bits per heavy atom. The lowest BCUT2D eigenvalue weighted by molar-refractivity contribution is 0.102. The Kier molecular flexibility index (Phi) is 4.51. The maximum atomic E-state index is 12.5. The highest BCUT2D eigenvalue weighted by Gasteiger charge is 2.14. The van der Waals surface area contributed by atoms with E-state index in [1.165, 1.54) is 0 Å². The van der Waals surface area contributed by atoms with E-state index in [4.69, 9.17) is 5.26 Å². The Bertz CT molecular complexity index is 697. The largest absolute Gasteiger partial charge is 0.322 e. The number of halogens is 2. The third-order valence-electron chi connectivity index (χ3n) is 2.69. The van der Waals surface area contributed by atoms with E-state index in [1.807, 2.05) is 6.07 Å². The second kappa shape index (κ2) is 6.52. The molecule has 0 spiro atoms. The molecule has 0 unspecified atom stereocenters. The number of nitrogens with zero attached hydrogens (tertiary/aromatic N) is 3. The van der Waals surface area contributed by atoms with Gasteiger partial charge in [-0.2, -0.15) is 10.4 Å². The highest BCUT2D eigenvalue weighted by atomic mass is 19.3. The fraction of sp³-hybridized carbons (Fsp3) is 0.143. The minimum absolute atomic E-state index is 0.0212. The van der Waals surface area contributed by atoms with Crippen molar-refractivity contribution in [3.63, 3.8) is 0 Å². The van der Waals surface area contributed by atoms with Crippen LogP contribution in [0.3, 0.4) is 0 Å². The van der Waals surface area contributed by atoms with Crippen molar-refractivity contribution in [1.29, 1.82) is 5.26 Å². The average Bonchev–Trinajstić information content (AvgIpc) is 2.49. The molecule has 1 aromatic heterocycles. The van der Waals surface area contributed by atoms with Crippen LogP contribution in [-0.2, 0) is 6.42 Å². The van der Waals surface area contributed by atoms with E-state index in [0.717, 1.165) is 12.3 Å². The van der Waals surface area contributed by atoms with Crippen LogP contribution in [0.2, 0.25) is 0 Å². The Morgan fingerprint density at radius 2 is 2.14 bits per heavy atom. The molecule has 21 heavy (non-hydrogen) atoms. The number of hydrogen-bond acceptors (Lipinski definition) is 4. The summed E-state index contributed by atoms with van der Waals surface area (Å²) in [6, 6.07) is 9.75. The fourth-order valence-corrected chi connectivity index (χ4v) is 1.69. The summed E-state index contributed by atoms with van der Waals surface area (Å²) in [5.74, 6) is -0.586. The zero-order valence-corrected chi connectivity index (χ0v) is 10.8.